The van der Waals surface area contributed by atoms with Crippen molar-refractivity contribution in [3.8, 4) is 0 Å². The van der Waals surface area contributed by atoms with Gasteiger partial charge in [0.05, 0.1) is 16.8 Å². The summed E-state index contributed by atoms with van der Waals surface area (Å²) in [4.78, 5) is 29.8. The van der Waals surface area contributed by atoms with Gasteiger partial charge < -0.3 is 10.4 Å². The predicted octanol–water partition coefficient (Wildman–Crippen LogP) is 1.35. The number of hydrogen-bond acceptors (Lipinski definition) is 5. The first-order valence-electron chi connectivity index (χ1n) is 5.62. The van der Waals surface area contributed by atoms with Gasteiger partial charge in [-0.05, 0) is 6.07 Å². The SMILES string of the molecule is O=C(NCCc1nc(C(=O)O)cs1)c1cncc(F)c1. The number of aromatic carboxylic acids is 1. The molecule has 0 aliphatic heterocycles. The molecule has 2 aromatic rings. The highest BCUT2D eigenvalue weighted by atomic mass is 32.1. The summed E-state index contributed by atoms with van der Waals surface area (Å²) in [6.45, 7) is 0.280. The van der Waals surface area contributed by atoms with E-state index in [2.05, 4.69) is 15.3 Å². The van der Waals surface area contributed by atoms with Gasteiger partial charge in [0.15, 0.2) is 5.69 Å². The van der Waals surface area contributed by atoms with Gasteiger partial charge in [-0.2, -0.15) is 0 Å². The number of carbonyl (C=O) groups excluding carboxylic acids is 1. The van der Waals surface area contributed by atoms with Crippen LogP contribution in [0, 0.1) is 5.82 Å². The van der Waals surface area contributed by atoms with Gasteiger partial charge in [-0.3, -0.25) is 9.78 Å². The minimum Gasteiger partial charge on any atom is -0.476 e. The summed E-state index contributed by atoms with van der Waals surface area (Å²) in [5, 5.41) is 13.4. The molecule has 2 heterocycles. The predicted molar refractivity (Wildman–Crippen MR) is 69.3 cm³/mol. The van der Waals surface area contributed by atoms with Gasteiger partial charge in [0.2, 0.25) is 0 Å². The second kappa shape index (κ2) is 6.20. The number of pyridine rings is 1. The van der Waals surface area contributed by atoms with Crippen molar-refractivity contribution in [3.63, 3.8) is 0 Å². The highest BCUT2D eigenvalue weighted by Gasteiger charge is 2.10. The first-order valence-corrected chi connectivity index (χ1v) is 6.50. The number of nitrogens with zero attached hydrogens (tertiary/aromatic N) is 2. The van der Waals surface area contributed by atoms with E-state index in [4.69, 9.17) is 5.11 Å². The quantitative estimate of drug-likeness (QED) is 0.868. The van der Waals surface area contributed by atoms with Gasteiger partial charge in [0, 0.05) is 24.5 Å². The van der Waals surface area contributed by atoms with Gasteiger partial charge in [0.1, 0.15) is 5.82 Å². The van der Waals surface area contributed by atoms with E-state index in [1.807, 2.05) is 0 Å². The number of thiazole rings is 1. The van der Waals surface area contributed by atoms with Gasteiger partial charge in [-0.15, -0.1) is 11.3 Å². The second-order valence-corrected chi connectivity index (χ2v) is 4.77. The standard InChI is InChI=1S/C12H10FN3O3S/c13-8-3-7(4-14-5-8)11(17)15-2-1-10-16-9(6-20-10)12(18)19/h3-6H,1-2H2,(H,15,17)(H,18,19). The van der Waals surface area contributed by atoms with Crippen LogP contribution >= 0.6 is 11.3 Å². The van der Waals surface area contributed by atoms with E-state index < -0.39 is 17.7 Å². The average molecular weight is 295 g/mol. The molecule has 0 saturated carbocycles. The molecule has 0 bridgehead atoms. The molecule has 0 aromatic carbocycles. The van der Waals surface area contributed by atoms with Crippen LogP contribution in [0.3, 0.4) is 0 Å². The molecule has 8 heteroatoms. The average Bonchev–Trinajstić information content (AvgIpc) is 2.87. The van der Waals surface area contributed by atoms with Crippen LogP contribution in [-0.4, -0.2) is 33.5 Å². The normalized spacial score (nSPS) is 10.2. The maximum atomic E-state index is 12.9. The van der Waals surface area contributed by atoms with Crippen molar-refractivity contribution in [3.05, 3.63) is 45.9 Å². The highest BCUT2D eigenvalue weighted by molar-refractivity contribution is 7.09. The number of aromatic nitrogens is 2. The Balaban J connectivity index is 1.86. The van der Waals surface area contributed by atoms with Gasteiger partial charge in [-0.25, -0.2) is 14.2 Å². The Labute approximate surface area is 117 Å². The third-order valence-electron chi connectivity index (χ3n) is 2.36. The lowest BCUT2D eigenvalue weighted by atomic mass is 10.2. The third kappa shape index (κ3) is 3.58. The summed E-state index contributed by atoms with van der Waals surface area (Å²) < 4.78 is 12.9. The fraction of sp³-hybridized carbons (Fsp3) is 0.167. The van der Waals surface area contributed by atoms with Crippen molar-refractivity contribution < 1.29 is 19.1 Å². The number of carboxylic acids is 1. The fourth-order valence-electron chi connectivity index (χ4n) is 1.45. The molecule has 104 valence electrons. The number of hydrogen-bond donors (Lipinski definition) is 2. The minimum absolute atomic E-state index is 0.00865. The number of carboxylic acid groups (broad SMARTS) is 1. The lowest BCUT2D eigenvalue weighted by Gasteiger charge is -2.03. The molecule has 0 fully saturated rings. The molecule has 2 N–H and O–H groups in total. The van der Waals surface area contributed by atoms with Crippen molar-refractivity contribution in [2.24, 2.45) is 0 Å². The van der Waals surface area contributed by atoms with Crippen molar-refractivity contribution in [1.82, 2.24) is 15.3 Å². The molecule has 0 spiro atoms. The monoisotopic (exact) mass is 295 g/mol. The van der Waals surface area contributed by atoms with E-state index in [0.717, 1.165) is 12.3 Å². The van der Waals surface area contributed by atoms with Crippen LogP contribution in [0.25, 0.3) is 0 Å². The van der Waals surface area contributed by atoms with Crippen LogP contribution in [0.4, 0.5) is 4.39 Å². The Morgan fingerprint density at radius 2 is 2.20 bits per heavy atom. The summed E-state index contributed by atoms with van der Waals surface area (Å²) in [6.07, 6.45) is 2.69. The molecule has 6 nitrogen and oxygen atoms in total. The maximum Gasteiger partial charge on any atom is 0.355 e. The molecule has 20 heavy (non-hydrogen) atoms. The van der Waals surface area contributed by atoms with Crippen molar-refractivity contribution >= 4 is 23.2 Å². The zero-order chi connectivity index (χ0) is 14.5. The van der Waals surface area contributed by atoms with Crippen LogP contribution in [0.2, 0.25) is 0 Å². The van der Waals surface area contributed by atoms with Crippen LogP contribution in [0.1, 0.15) is 25.9 Å². The Morgan fingerprint density at radius 1 is 1.40 bits per heavy atom. The number of halogens is 1. The summed E-state index contributed by atoms with van der Waals surface area (Å²) in [6, 6.07) is 1.09. The van der Waals surface area contributed by atoms with Crippen LogP contribution in [0.15, 0.2) is 23.8 Å². The Hall–Kier alpha value is -2.35. The zero-order valence-corrected chi connectivity index (χ0v) is 11.0. The summed E-state index contributed by atoms with van der Waals surface area (Å²) in [5.74, 6) is -2.10. The van der Waals surface area contributed by atoms with Gasteiger partial charge in [0.25, 0.3) is 5.91 Å². The molecule has 0 atom stereocenters. The van der Waals surface area contributed by atoms with E-state index in [1.165, 1.54) is 22.9 Å². The first kappa shape index (κ1) is 14.1. The van der Waals surface area contributed by atoms with Crippen LogP contribution in [-0.2, 0) is 6.42 Å². The summed E-state index contributed by atoms with van der Waals surface area (Å²) >= 11 is 1.21. The van der Waals surface area contributed by atoms with Crippen molar-refractivity contribution in [1.29, 1.82) is 0 Å². The van der Waals surface area contributed by atoms with E-state index in [0.29, 0.717) is 11.4 Å². The fourth-order valence-corrected chi connectivity index (χ4v) is 2.22. The van der Waals surface area contributed by atoms with Crippen LogP contribution < -0.4 is 5.32 Å². The number of amides is 1. The summed E-state index contributed by atoms with van der Waals surface area (Å²) in [7, 11) is 0. The number of carbonyl (C=O) groups is 2. The van der Waals surface area contributed by atoms with E-state index in [9.17, 15) is 14.0 Å². The number of rotatable bonds is 5. The lowest BCUT2D eigenvalue weighted by Crippen LogP contribution is -2.25. The highest BCUT2D eigenvalue weighted by Crippen LogP contribution is 2.10. The van der Waals surface area contributed by atoms with Crippen LogP contribution in [0.5, 0.6) is 0 Å². The van der Waals surface area contributed by atoms with E-state index in [1.54, 1.807) is 0 Å². The molecule has 0 unspecified atom stereocenters. The molecular formula is C12H10FN3O3S. The van der Waals surface area contributed by atoms with E-state index >= 15 is 0 Å². The first-order chi connectivity index (χ1) is 9.56. The molecule has 2 aromatic heterocycles. The molecular weight excluding hydrogens is 285 g/mol. The largest absolute Gasteiger partial charge is 0.476 e. The zero-order valence-electron chi connectivity index (χ0n) is 10.2. The second-order valence-electron chi connectivity index (χ2n) is 3.83. The van der Waals surface area contributed by atoms with E-state index in [-0.39, 0.29) is 17.8 Å². The molecule has 0 aliphatic rings. The van der Waals surface area contributed by atoms with Crippen molar-refractivity contribution in [2.45, 2.75) is 6.42 Å². The minimum atomic E-state index is -1.08. The molecule has 2 rings (SSSR count). The maximum absolute atomic E-state index is 12.9. The lowest BCUT2D eigenvalue weighted by molar-refractivity contribution is 0.0690. The third-order valence-corrected chi connectivity index (χ3v) is 3.27. The van der Waals surface area contributed by atoms with Gasteiger partial charge in [-0.1, -0.05) is 0 Å². The topological polar surface area (TPSA) is 92.2 Å². The van der Waals surface area contributed by atoms with Gasteiger partial charge >= 0.3 is 5.97 Å². The molecule has 1 amide bonds. The molecule has 0 radical (unpaired) electrons. The Kier molecular flexibility index (Phi) is 4.36. The number of nitrogens with one attached hydrogen (secondary N) is 1. The Bertz CT molecular complexity index is 644. The molecule has 0 saturated heterocycles. The Morgan fingerprint density at radius 3 is 2.85 bits per heavy atom. The van der Waals surface area contributed by atoms with Crippen molar-refractivity contribution in [2.75, 3.05) is 6.54 Å². The molecule has 0 aliphatic carbocycles. The summed E-state index contributed by atoms with van der Waals surface area (Å²) in [5.41, 5.74) is 0.126. The smallest absolute Gasteiger partial charge is 0.355 e.